The largest absolute Gasteiger partial charge is 0.494 e. The average molecular weight is 300 g/mol. The Kier molecular flexibility index (Phi) is 6.05. The maximum absolute atomic E-state index is 11.6. The van der Waals surface area contributed by atoms with Crippen LogP contribution in [0.4, 0.5) is 0 Å². The lowest BCUT2D eigenvalue weighted by molar-refractivity contribution is -0.129. The van der Waals surface area contributed by atoms with Crippen LogP contribution in [0.25, 0.3) is 0 Å². The molecule has 0 spiro atoms. The fourth-order valence-electron chi connectivity index (χ4n) is 1.49. The molecule has 0 saturated carbocycles. The second-order valence-corrected chi connectivity index (χ2v) is 4.56. The van der Waals surface area contributed by atoms with Crippen molar-refractivity contribution in [2.75, 3.05) is 19.0 Å². The standard InChI is InChI=1S/C13H18BrNO2/c1-3-17-12-6-4-11(5-7-12)10-15(2)13(16)8-9-14/h4-7H,3,8-10H2,1-2H3. The third-order valence-corrected chi connectivity index (χ3v) is 2.78. The average Bonchev–Trinajstić information content (AvgIpc) is 2.32. The Morgan fingerprint density at radius 3 is 2.53 bits per heavy atom. The molecular formula is C13H18BrNO2. The number of carbonyl (C=O) groups is 1. The van der Waals surface area contributed by atoms with E-state index in [4.69, 9.17) is 4.74 Å². The molecule has 0 atom stereocenters. The molecule has 1 amide bonds. The smallest absolute Gasteiger partial charge is 0.223 e. The van der Waals surface area contributed by atoms with E-state index in [1.165, 1.54) is 0 Å². The summed E-state index contributed by atoms with van der Waals surface area (Å²) in [5.41, 5.74) is 1.11. The highest BCUT2D eigenvalue weighted by atomic mass is 79.9. The molecule has 0 unspecified atom stereocenters. The molecule has 17 heavy (non-hydrogen) atoms. The van der Waals surface area contributed by atoms with Crippen molar-refractivity contribution in [2.45, 2.75) is 19.9 Å². The van der Waals surface area contributed by atoms with Gasteiger partial charge in [-0.15, -0.1) is 0 Å². The zero-order valence-electron chi connectivity index (χ0n) is 10.3. The first-order chi connectivity index (χ1) is 8.17. The van der Waals surface area contributed by atoms with Gasteiger partial charge in [0, 0.05) is 25.3 Å². The van der Waals surface area contributed by atoms with Gasteiger partial charge in [-0.2, -0.15) is 0 Å². The number of alkyl halides is 1. The van der Waals surface area contributed by atoms with E-state index < -0.39 is 0 Å². The first-order valence-electron chi connectivity index (χ1n) is 5.69. The molecular weight excluding hydrogens is 282 g/mol. The predicted molar refractivity (Wildman–Crippen MR) is 72.5 cm³/mol. The van der Waals surface area contributed by atoms with Crippen molar-refractivity contribution in [1.82, 2.24) is 4.90 Å². The van der Waals surface area contributed by atoms with Gasteiger partial charge >= 0.3 is 0 Å². The molecule has 4 heteroatoms. The van der Waals surface area contributed by atoms with Crippen LogP contribution in [0.3, 0.4) is 0 Å². The maximum Gasteiger partial charge on any atom is 0.223 e. The molecule has 1 aromatic carbocycles. The lowest BCUT2D eigenvalue weighted by atomic mass is 10.2. The lowest BCUT2D eigenvalue weighted by Crippen LogP contribution is -2.26. The van der Waals surface area contributed by atoms with E-state index >= 15 is 0 Å². The van der Waals surface area contributed by atoms with Crippen LogP contribution in [-0.2, 0) is 11.3 Å². The molecule has 0 aromatic heterocycles. The van der Waals surface area contributed by atoms with Crippen molar-refractivity contribution in [1.29, 1.82) is 0 Å². The second kappa shape index (κ2) is 7.33. The van der Waals surface area contributed by atoms with Crippen molar-refractivity contribution >= 4 is 21.8 Å². The van der Waals surface area contributed by atoms with Crippen molar-refractivity contribution in [3.8, 4) is 5.75 Å². The summed E-state index contributed by atoms with van der Waals surface area (Å²) >= 11 is 3.27. The van der Waals surface area contributed by atoms with Crippen molar-refractivity contribution in [3.63, 3.8) is 0 Å². The Hall–Kier alpha value is -1.03. The molecule has 0 radical (unpaired) electrons. The van der Waals surface area contributed by atoms with Crippen LogP contribution in [0.2, 0.25) is 0 Å². The molecule has 0 N–H and O–H groups in total. The van der Waals surface area contributed by atoms with Gasteiger partial charge in [0.05, 0.1) is 6.61 Å². The number of ether oxygens (including phenoxy) is 1. The summed E-state index contributed by atoms with van der Waals surface area (Å²) in [5, 5.41) is 0.708. The summed E-state index contributed by atoms with van der Waals surface area (Å²) in [6.07, 6.45) is 0.535. The first kappa shape index (κ1) is 14.0. The third kappa shape index (κ3) is 4.77. The van der Waals surface area contributed by atoms with Crippen LogP contribution in [0, 0.1) is 0 Å². The molecule has 94 valence electrons. The van der Waals surface area contributed by atoms with Crippen molar-refractivity contribution in [2.24, 2.45) is 0 Å². The van der Waals surface area contributed by atoms with Crippen LogP contribution in [0.1, 0.15) is 18.9 Å². The molecule has 1 rings (SSSR count). The number of rotatable bonds is 6. The van der Waals surface area contributed by atoms with Gasteiger partial charge in [-0.1, -0.05) is 28.1 Å². The molecule has 0 bridgehead atoms. The van der Waals surface area contributed by atoms with Crippen LogP contribution < -0.4 is 4.74 Å². The van der Waals surface area contributed by atoms with E-state index in [1.54, 1.807) is 4.90 Å². The number of amides is 1. The molecule has 0 aliphatic carbocycles. The topological polar surface area (TPSA) is 29.5 Å². The van der Waals surface area contributed by atoms with Crippen LogP contribution in [0.5, 0.6) is 5.75 Å². The molecule has 0 fully saturated rings. The Morgan fingerprint density at radius 1 is 1.35 bits per heavy atom. The van der Waals surface area contributed by atoms with E-state index in [-0.39, 0.29) is 5.91 Å². The Morgan fingerprint density at radius 2 is 2.00 bits per heavy atom. The molecule has 1 aromatic rings. The van der Waals surface area contributed by atoms with E-state index in [0.717, 1.165) is 11.3 Å². The minimum atomic E-state index is 0.149. The summed E-state index contributed by atoms with van der Waals surface area (Å²) in [4.78, 5) is 13.3. The molecule has 0 heterocycles. The van der Waals surface area contributed by atoms with Crippen molar-refractivity contribution in [3.05, 3.63) is 29.8 Å². The van der Waals surface area contributed by atoms with Crippen LogP contribution in [-0.4, -0.2) is 29.8 Å². The van der Waals surface area contributed by atoms with Gasteiger partial charge in [0.15, 0.2) is 0 Å². The number of benzene rings is 1. The predicted octanol–water partition coefficient (Wildman–Crippen LogP) is 2.83. The summed E-state index contributed by atoms with van der Waals surface area (Å²) in [6, 6.07) is 7.84. The zero-order chi connectivity index (χ0) is 12.7. The third-order valence-electron chi connectivity index (χ3n) is 2.39. The van der Waals surface area contributed by atoms with E-state index in [0.29, 0.717) is 24.9 Å². The summed E-state index contributed by atoms with van der Waals surface area (Å²) < 4.78 is 5.37. The second-order valence-electron chi connectivity index (χ2n) is 3.77. The van der Waals surface area contributed by atoms with Gasteiger partial charge in [-0.05, 0) is 24.6 Å². The normalized spacial score (nSPS) is 10.1. The fourth-order valence-corrected chi connectivity index (χ4v) is 1.83. The van der Waals surface area contributed by atoms with Crippen LogP contribution in [0.15, 0.2) is 24.3 Å². The van der Waals surface area contributed by atoms with Gasteiger partial charge in [-0.25, -0.2) is 0 Å². The van der Waals surface area contributed by atoms with Gasteiger partial charge in [-0.3, -0.25) is 4.79 Å². The fraction of sp³-hybridized carbons (Fsp3) is 0.462. The molecule has 3 nitrogen and oxygen atoms in total. The molecule has 0 aliphatic heterocycles. The SMILES string of the molecule is CCOc1ccc(CN(C)C(=O)CCBr)cc1. The summed E-state index contributed by atoms with van der Waals surface area (Å²) in [7, 11) is 1.82. The van der Waals surface area contributed by atoms with Gasteiger partial charge in [0.2, 0.25) is 5.91 Å². The van der Waals surface area contributed by atoms with Gasteiger partial charge in [0.25, 0.3) is 0 Å². The number of nitrogens with zero attached hydrogens (tertiary/aromatic N) is 1. The highest BCUT2D eigenvalue weighted by molar-refractivity contribution is 9.09. The Bertz CT molecular complexity index is 351. The van der Waals surface area contributed by atoms with Crippen molar-refractivity contribution < 1.29 is 9.53 Å². The van der Waals surface area contributed by atoms with Gasteiger partial charge < -0.3 is 9.64 Å². The van der Waals surface area contributed by atoms with E-state index in [2.05, 4.69) is 15.9 Å². The molecule has 0 aliphatic rings. The van der Waals surface area contributed by atoms with E-state index in [1.807, 2.05) is 38.2 Å². The summed E-state index contributed by atoms with van der Waals surface area (Å²) in [6.45, 7) is 3.27. The van der Waals surface area contributed by atoms with E-state index in [9.17, 15) is 4.79 Å². The quantitative estimate of drug-likeness (QED) is 0.756. The minimum absolute atomic E-state index is 0.149. The highest BCUT2D eigenvalue weighted by Gasteiger charge is 2.07. The Labute approximate surface area is 111 Å². The Balaban J connectivity index is 2.53. The summed E-state index contributed by atoms with van der Waals surface area (Å²) in [5.74, 6) is 1.02. The maximum atomic E-state index is 11.6. The minimum Gasteiger partial charge on any atom is -0.494 e. The molecule has 0 saturated heterocycles. The monoisotopic (exact) mass is 299 g/mol. The van der Waals surface area contributed by atoms with Gasteiger partial charge in [0.1, 0.15) is 5.75 Å². The first-order valence-corrected chi connectivity index (χ1v) is 6.81. The highest BCUT2D eigenvalue weighted by Crippen LogP contribution is 2.13. The lowest BCUT2D eigenvalue weighted by Gasteiger charge is -2.16. The van der Waals surface area contributed by atoms with Crippen LogP contribution >= 0.6 is 15.9 Å². The zero-order valence-corrected chi connectivity index (χ0v) is 11.9. The number of hydrogen-bond acceptors (Lipinski definition) is 2. The number of hydrogen-bond donors (Lipinski definition) is 0. The number of halogens is 1. The number of carbonyl (C=O) groups excluding carboxylic acids is 1.